The third kappa shape index (κ3) is 2.98. The van der Waals surface area contributed by atoms with Gasteiger partial charge in [0, 0.05) is 11.4 Å². The largest absolute Gasteiger partial charge is 0.496 e. The van der Waals surface area contributed by atoms with Crippen molar-refractivity contribution in [2.24, 2.45) is 0 Å². The van der Waals surface area contributed by atoms with Crippen molar-refractivity contribution < 1.29 is 9.53 Å². The van der Waals surface area contributed by atoms with Crippen molar-refractivity contribution in [2.75, 3.05) is 18.2 Å². The standard InChI is InChI=1S/C14H12Cl2N2O2/c1-20-12-4-2-3-11(17)13(12)14(19)18-8-5-6-9(15)10(16)7-8/h2-7H,17H2,1H3,(H,18,19). The molecule has 0 unspecified atom stereocenters. The van der Waals surface area contributed by atoms with Crippen LogP contribution in [-0.4, -0.2) is 13.0 Å². The van der Waals surface area contributed by atoms with Crippen LogP contribution in [0, 0.1) is 0 Å². The SMILES string of the molecule is COc1cccc(N)c1C(=O)Nc1ccc(Cl)c(Cl)c1. The number of carbonyl (C=O) groups is 1. The molecular formula is C14H12Cl2N2O2. The summed E-state index contributed by atoms with van der Waals surface area (Å²) < 4.78 is 5.14. The molecular weight excluding hydrogens is 299 g/mol. The molecule has 0 aromatic heterocycles. The maximum Gasteiger partial charge on any atom is 0.261 e. The first-order valence-electron chi connectivity index (χ1n) is 5.72. The highest BCUT2D eigenvalue weighted by atomic mass is 35.5. The first kappa shape index (κ1) is 14.5. The van der Waals surface area contributed by atoms with E-state index in [0.29, 0.717) is 27.2 Å². The molecule has 20 heavy (non-hydrogen) atoms. The molecule has 0 bridgehead atoms. The van der Waals surface area contributed by atoms with E-state index in [2.05, 4.69) is 5.32 Å². The third-order valence-electron chi connectivity index (χ3n) is 2.68. The van der Waals surface area contributed by atoms with Crippen molar-refractivity contribution in [3.63, 3.8) is 0 Å². The number of hydrogen-bond donors (Lipinski definition) is 2. The summed E-state index contributed by atoms with van der Waals surface area (Å²) in [6, 6.07) is 9.83. The van der Waals surface area contributed by atoms with Crippen LogP contribution in [0.5, 0.6) is 5.75 Å². The van der Waals surface area contributed by atoms with Crippen LogP contribution in [0.15, 0.2) is 36.4 Å². The summed E-state index contributed by atoms with van der Waals surface area (Å²) in [5.41, 5.74) is 6.95. The van der Waals surface area contributed by atoms with Gasteiger partial charge in [-0.2, -0.15) is 0 Å². The molecule has 6 heteroatoms. The molecule has 0 spiro atoms. The number of carbonyl (C=O) groups excluding carboxylic acids is 1. The van der Waals surface area contributed by atoms with Crippen LogP contribution in [0.25, 0.3) is 0 Å². The number of nitrogens with one attached hydrogen (secondary N) is 1. The molecule has 0 aliphatic rings. The van der Waals surface area contributed by atoms with Gasteiger partial charge < -0.3 is 15.8 Å². The Morgan fingerprint density at radius 3 is 2.60 bits per heavy atom. The van der Waals surface area contributed by atoms with Crippen molar-refractivity contribution in [3.05, 3.63) is 52.0 Å². The Hall–Kier alpha value is -1.91. The van der Waals surface area contributed by atoms with Gasteiger partial charge >= 0.3 is 0 Å². The van der Waals surface area contributed by atoms with Crippen LogP contribution in [-0.2, 0) is 0 Å². The van der Waals surface area contributed by atoms with E-state index in [1.165, 1.54) is 7.11 Å². The number of benzene rings is 2. The lowest BCUT2D eigenvalue weighted by molar-refractivity contribution is 0.102. The lowest BCUT2D eigenvalue weighted by atomic mass is 10.1. The Kier molecular flexibility index (Phi) is 4.37. The minimum absolute atomic E-state index is 0.279. The van der Waals surface area contributed by atoms with E-state index in [4.69, 9.17) is 33.7 Å². The number of ether oxygens (including phenoxy) is 1. The average molecular weight is 311 g/mol. The Morgan fingerprint density at radius 2 is 1.95 bits per heavy atom. The van der Waals surface area contributed by atoms with Crippen LogP contribution in [0.1, 0.15) is 10.4 Å². The van der Waals surface area contributed by atoms with Crippen LogP contribution < -0.4 is 15.8 Å². The van der Waals surface area contributed by atoms with E-state index in [1.807, 2.05) is 0 Å². The van der Waals surface area contributed by atoms with Crippen molar-refractivity contribution in [3.8, 4) is 5.75 Å². The Morgan fingerprint density at radius 1 is 1.20 bits per heavy atom. The van der Waals surface area contributed by atoms with Crippen molar-refractivity contribution in [1.29, 1.82) is 0 Å². The van der Waals surface area contributed by atoms with E-state index in [9.17, 15) is 4.79 Å². The summed E-state index contributed by atoms with van der Waals surface area (Å²) in [5, 5.41) is 3.48. The lowest BCUT2D eigenvalue weighted by Gasteiger charge is -2.11. The van der Waals surface area contributed by atoms with Gasteiger partial charge in [0.1, 0.15) is 11.3 Å². The van der Waals surface area contributed by atoms with Crippen molar-refractivity contribution >= 4 is 40.5 Å². The summed E-state index contributed by atoms with van der Waals surface area (Å²) in [7, 11) is 1.48. The minimum atomic E-state index is -0.377. The van der Waals surface area contributed by atoms with Crippen LogP contribution >= 0.6 is 23.2 Å². The Labute approximate surface area is 126 Å². The molecule has 104 valence electrons. The molecule has 0 fully saturated rings. The van der Waals surface area contributed by atoms with E-state index >= 15 is 0 Å². The summed E-state index contributed by atoms with van der Waals surface area (Å²) in [6.45, 7) is 0. The zero-order valence-electron chi connectivity index (χ0n) is 10.6. The second-order valence-electron chi connectivity index (χ2n) is 4.01. The highest BCUT2D eigenvalue weighted by molar-refractivity contribution is 6.42. The fraction of sp³-hybridized carbons (Fsp3) is 0.0714. The Balaban J connectivity index is 2.30. The molecule has 0 aliphatic heterocycles. The molecule has 0 aliphatic carbocycles. The molecule has 0 saturated carbocycles. The number of methoxy groups -OCH3 is 1. The van der Waals surface area contributed by atoms with Crippen LogP contribution in [0.3, 0.4) is 0 Å². The maximum atomic E-state index is 12.3. The van der Waals surface area contributed by atoms with Gasteiger partial charge in [-0.25, -0.2) is 0 Å². The van der Waals surface area contributed by atoms with Crippen LogP contribution in [0.4, 0.5) is 11.4 Å². The van der Waals surface area contributed by atoms with E-state index in [-0.39, 0.29) is 11.5 Å². The zero-order chi connectivity index (χ0) is 14.7. The van der Waals surface area contributed by atoms with Crippen LogP contribution in [0.2, 0.25) is 10.0 Å². The molecule has 0 atom stereocenters. The fourth-order valence-electron chi connectivity index (χ4n) is 1.73. The molecule has 3 N–H and O–H groups in total. The van der Waals surface area contributed by atoms with E-state index in [0.717, 1.165) is 0 Å². The number of anilines is 2. The van der Waals surface area contributed by atoms with Gasteiger partial charge in [0.05, 0.1) is 17.2 Å². The molecule has 4 nitrogen and oxygen atoms in total. The lowest BCUT2D eigenvalue weighted by Crippen LogP contribution is -2.15. The van der Waals surface area contributed by atoms with Gasteiger partial charge in [0.2, 0.25) is 0 Å². The number of rotatable bonds is 3. The van der Waals surface area contributed by atoms with Gasteiger partial charge in [0.15, 0.2) is 0 Å². The van der Waals surface area contributed by atoms with Gasteiger partial charge in [-0.15, -0.1) is 0 Å². The average Bonchev–Trinajstić information content (AvgIpc) is 2.42. The van der Waals surface area contributed by atoms with E-state index < -0.39 is 0 Å². The van der Waals surface area contributed by atoms with E-state index in [1.54, 1.807) is 36.4 Å². The summed E-state index contributed by atoms with van der Waals surface area (Å²) in [6.07, 6.45) is 0. The molecule has 0 radical (unpaired) electrons. The summed E-state index contributed by atoms with van der Waals surface area (Å²) in [4.78, 5) is 12.3. The monoisotopic (exact) mass is 310 g/mol. The van der Waals surface area contributed by atoms with Gasteiger partial charge in [-0.05, 0) is 30.3 Å². The van der Waals surface area contributed by atoms with Gasteiger partial charge in [-0.1, -0.05) is 29.3 Å². The summed E-state index contributed by atoms with van der Waals surface area (Å²) >= 11 is 11.7. The second-order valence-corrected chi connectivity index (χ2v) is 4.82. The van der Waals surface area contributed by atoms with Crippen molar-refractivity contribution in [1.82, 2.24) is 0 Å². The quantitative estimate of drug-likeness (QED) is 0.847. The smallest absolute Gasteiger partial charge is 0.261 e. The number of hydrogen-bond acceptors (Lipinski definition) is 3. The normalized spacial score (nSPS) is 10.2. The molecule has 2 aromatic rings. The predicted octanol–water partition coefficient (Wildman–Crippen LogP) is 3.84. The van der Waals surface area contributed by atoms with Gasteiger partial charge in [0.25, 0.3) is 5.91 Å². The minimum Gasteiger partial charge on any atom is -0.496 e. The molecule has 0 saturated heterocycles. The molecule has 2 aromatic carbocycles. The second kappa shape index (κ2) is 6.03. The molecule has 2 rings (SSSR count). The third-order valence-corrected chi connectivity index (χ3v) is 3.42. The maximum absolute atomic E-state index is 12.3. The number of halogens is 2. The highest BCUT2D eigenvalue weighted by Gasteiger charge is 2.16. The molecule has 0 heterocycles. The Bertz CT molecular complexity index is 660. The highest BCUT2D eigenvalue weighted by Crippen LogP contribution is 2.28. The fourth-order valence-corrected chi connectivity index (χ4v) is 2.03. The topological polar surface area (TPSA) is 64.3 Å². The molecule has 1 amide bonds. The number of nitrogen functional groups attached to an aromatic ring is 1. The predicted molar refractivity (Wildman–Crippen MR) is 81.8 cm³/mol. The first-order chi connectivity index (χ1) is 9.52. The van der Waals surface area contributed by atoms with Crippen molar-refractivity contribution in [2.45, 2.75) is 0 Å². The first-order valence-corrected chi connectivity index (χ1v) is 6.47. The summed E-state index contributed by atoms with van der Waals surface area (Å²) in [5.74, 6) is 0.0286. The number of nitrogens with two attached hydrogens (primary N) is 1. The van der Waals surface area contributed by atoms with Gasteiger partial charge in [-0.3, -0.25) is 4.79 Å². The number of amides is 1. The zero-order valence-corrected chi connectivity index (χ0v) is 12.1.